The average Bonchev–Trinajstić information content (AvgIpc) is 3.77. The molecule has 0 saturated carbocycles. The number of hydrogen-bond donors (Lipinski definition) is 1. The highest BCUT2D eigenvalue weighted by Crippen LogP contribution is 2.56. The molecule has 1 N–H and O–H groups in total. The van der Waals surface area contributed by atoms with Crippen molar-refractivity contribution in [1.82, 2.24) is 19.5 Å². The summed E-state index contributed by atoms with van der Waals surface area (Å²) in [6, 6.07) is 45.2. The van der Waals surface area contributed by atoms with Crippen LogP contribution in [0.4, 0.5) is 0 Å². The van der Waals surface area contributed by atoms with Gasteiger partial charge in [0.1, 0.15) is 0 Å². The molecule has 1 aliphatic carbocycles. The molecular formula is C41H26N4O. The molecule has 8 aromatic rings. The van der Waals surface area contributed by atoms with Crippen molar-refractivity contribution in [1.29, 1.82) is 0 Å². The van der Waals surface area contributed by atoms with Crippen molar-refractivity contribution >= 4 is 10.9 Å². The van der Waals surface area contributed by atoms with Gasteiger partial charge in [0.05, 0.1) is 46.1 Å². The third-order valence-electron chi connectivity index (χ3n) is 9.63. The smallest absolute Gasteiger partial charge is 0.161 e. The second-order valence-electron chi connectivity index (χ2n) is 11.9. The Morgan fingerprint density at radius 2 is 1.37 bits per heavy atom. The van der Waals surface area contributed by atoms with E-state index in [1.165, 1.54) is 16.7 Å². The van der Waals surface area contributed by atoms with Gasteiger partial charge < -0.3 is 14.3 Å². The number of aromatic amines is 1. The molecule has 4 aromatic heterocycles. The van der Waals surface area contributed by atoms with Gasteiger partial charge in [0.2, 0.25) is 0 Å². The molecule has 216 valence electrons. The zero-order valence-corrected chi connectivity index (χ0v) is 24.7. The Labute approximate surface area is 265 Å². The molecule has 0 amide bonds. The highest BCUT2D eigenvalue weighted by atomic mass is 16.5. The number of ether oxygens (including phenoxy) is 1. The van der Waals surface area contributed by atoms with E-state index >= 15 is 0 Å². The summed E-state index contributed by atoms with van der Waals surface area (Å²) in [4.78, 5) is 13.2. The molecule has 0 saturated heterocycles. The quantitative estimate of drug-likeness (QED) is 0.223. The molecule has 10 rings (SSSR count). The van der Waals surface area contributed by atoms with E-state index in [0.29, 0.717) is 0 Å². The first-order valence-corrected chi connectivity index (χ1v) is 15.5. The van der Waals surface area contributed by atoms with Crippen LogP contribution in [-0.4, -0.2) is 19.5 Å². The largest absolute Gasteiger partial charge is 0.452 e. The SMILES string of the molecule is c1ccc(C2(c3ccccc3)c3cc(-n4c5c(c6ccccc64)Oc4cnccc4-c4ccccc4-5)cnc3-c3[nH]ccc32)cc1. The van der Waals surface area contributed by atoms with Crippen molar-refractivity contribution in [2.45, 2.75) is 5.41 Å². The lowest BCUT2D eigenvalue weighted by Gasteiger charge is -2.33. The van der Waals surface area contributed by atoms with Gasteiger partial charge in [0.15, 0.2) is 11.5 Å². The van der Waals surface area contributed by atoms with Gasteiger partial charge in [-0.2, -0.15) is 0 Å². The van der Waals surface area contributed by atoms with Crippen molar-refractivity contribution in [3.8, 4) is 51.0 Å². The number of H-pyrrole nitrogens is 1. The molecule has 5 heterocycles. The van der Waals surface area contributed by atoms with Crippen LogP contribution in [0.15, 0.2) is 152 Å². The van der Waals surface area contributed by atoms with Crippen LogP contribution in [-0.2, 0) is 5.41 Å². The number of fused-ring (bicyclic) bond motifs is 10. The molecule has 0 radical (unpaired) electrons. The zero-order chi connectivity index (χ0) is 30.2. The van der Waals surface area contributed by atoms with Gasteiger partial charge in [-0.3, -0.25) is 9.97 Å². The van der Waals surface area contributed by atoms with Gasteiger partial charge in [-0.1, -0.05) is 97.1 Å². The summed E-state index contributed by atoms with van der Waals surface area (Å²) in [7, 11) is 0. The molecule has 4 aromatic carbocycles. The minimum Gasteiger partial charge on any atom is -0.452 e. The maximum Gasteiger partial charge on any atom is 0.161 e. The first-order chi connectivity index (χ1) is 22.8. The first kappa shape index (κ1) is 25.2. The molecule has 0 unspecified atom stereocenters. The van der Waals surface area contributed by atoms with E-state index in [1.54, 1.807) is 0 Å². The summed E-state index contributed by atoms with van der Waals surface area (Å²) in [5, 5.41) is 1.03. The maximum absolute atomic E-state index is 6.80. The Balaban J connectivity index is 1.31. The summed E-state index contributed by atoms with van der Waals surface area (Å²) >= 11 is 0. The van der Waals surface area contributed by atoms with Gasteiger partial charge in [-0.05, 0) is 52.6 Å². The predicted molar refractivity (Wildman–Crippen MR) is 181 cm³/mol. The molecular weight excluding hydrogens is 564 g/mol. The van der Waals surface area contributed by atoms with Crippen LogP contribution >= 0.6 is 0 Å². The summed E-state index contributed by atoms with van der Waals surface area (Å²) in [6.07, 6.45) is 7.67. The average molecular weight is 591 g/mol. The molecule has 2 aliphatic rings. The van der Waals surface area contributed by atoms with Crippen LogP contribution in [0.25, 0.3) is 50.4 Å². The minimum atomic E-state index is -0.549. The highest BCUT2D eigenvalue weighted by Gasteiger charge is 2.48. The van der Waals surface area contributed by atoms with E-state index in [-0.39, 0.29) is 0 Å². The molecule has 0 fully saturated rings. The Morgan fingerprint density at radius 3 is 2.17 bits per heavy atom. The molecule has 5 heteroatoms. The third kappa shape index (κ3) is 3.23. The minimum absolute atomic E-state index is 0.549. The fourth-order valence-electron chi connectivity index (χ4n) is 7.79. The van der Waals surface area contributed by atoms with Crippen LogP contribution in [0.1, 0.15) is 22.3 Å². The van der Waals surface area contributed by atoms with E-state index in [2.05, 4.69) is 136 Å². The fraction of sp³-hybridized carbons (Fsp3) is 0.0244. The lowest BCUT2D eigenvalue weighted by molar-refractivity contribution is 0.490. The van der Waals surface area contributed by atoms with E-state index in [9.17, 15) is 0 Å². The first-order valence-electron chi connectivity index (χ1n) is 15.5. The highest BCUT2D eigenvalue weighted by molar-refractivity contribution is 6.02. The normalized spacial score (nSPS) is 13.6. The third-order valence-corrected chi connectivity index (χ3v) is 9.63. The van der Waals surface area contributed by atoms with Crippen molar-refractivity contribution in [3.63, 3.8) is 0 Å². The monoisotopic (exact) mass is 590 g/mol. The van der Waals surface area contributed by atoms with Crippen LogP contribution in [0.5, 0.6) is 11.5 Å². The zero-order valence-electron chi connectivity index (χ0n) is 24.7. The number of aromatic nitrogens is 4. The summed E-state index contributed by atoms with van der Waals surface area (Å²) in [6.45, 7) is 0. The van der Waals surface area contributed by atoms with Crippen LogP contribution < -0.4 is 4.74 Å². The molecule has 5 nitrogen and oxygen atoms in total. The van der Waals surface area contributed by atoms with Gasteiger partial charge in [0, 0.05) is 34.5 Å². The summed E-state index contributed by atoms with van der Waals surface area (Å²) in [5.74, 6) is 1.56. The van der Waals surface area contributed by atoms with Crippen molar-refractivity contribution in [3.05, 3.63) is 174 Å². The summed E-state index contributed by atoms with van der Waals surface area (Å²) in [5.41, 5.74) is 12.5. The van der Waals surface area contributed by atoms with E-state index in [4.69, 9.17) is 9.72 Å². The molecule has 1 aliphatic heterocycles. The van der Waals surface area contributed by atoms with Crippen LogP contribution in [0, 0.1) is 0 Å². The van der Waals surface area contributed by atoms with Gasteiger partial charge in [-0.25, -0.2) is 0 Å². The molecule has 0 bridgehead atoms. The van der Waals surface area contributed by atoms with Gasteiger partial charge in [-0.15, -0.1) is 0 Å². The summed E-state index contributed by atoms with van der Waals surface area (Å²) < 4.78 is 9.13. The molecule has 46 heavy (non-hydrogen) atoms. The van der Waals surface area contributed by atoms with Crippen molar-refractivity contribution in [2.75, 3.05) is 0 Å². The number of nitrogens with one attached hydrogen (secondary N) is 1. The predicted octanol–water partition coefficient (Wildman–Crippen LogP) is 9.55. The Hall–Kier alpha value is -6.20. The molecule has 0 atom stereocenters. The lowest BCUT2D eigenvalue weighted by atomic mass is 9.68. The lowest BCUT2D eigenvalue weighted by Crippen LogP contribution is -2.28. The van der Waals surface area contributed by atoms with Gasteiger partial charge in [0.25, 0.3) is 0 Å². The topological polar surface area (TPSA) is 55.7 Å². The fourth-order valence-corrected chi connectivity index (χ4v) is 7.79. The number of nitrogens with zero attached hydrogens (tertiary/aromatic N) is 3. The second kappa shape index (κ2) is 9.40. The number of pyridine rings is 2. The number of hydrogen-bond acceptors (Lipinski definition) is 3. The van der Waals surface area contributed by atoms with E-state index < -0.39 is 5.41 Å². The Bertz CT molecular complexity index is 2420. The van der Waals surface area contributed by atoms with Crippen LogP contribution in [0.3, 0.4) is 0 Å². The van der Waals surface area contributed by atoms with Crippen molar-refractivity contribution in [2.24, 2.45) is 0 Å². The maximum atomic E-state index is 6.80. The Morgan fingerprint density at radius 1 is 0.652 bits per heavy atom. The number of para-hydroxylation sites is 1. The number of rotatable bonds is 3. The van der Waals surface area contributed by atoms with Gasteiger partial charge >= 0.3 is 0 Å². The molecule has 0 spiro atoms. The van der Waals surface area contributed by atoms with Crippen LogP contribution in [0.2, 0.25) is 0 Å². The standard InChI is InChI=1S/C41H26N4O/c1-3-11-26(12-4-1)41(27-13-5-2-6-14-27)33-20-22-43-37(33)38-34(41)23-28(24-44-38)45-35-18-10-9-17-32(35)40-39(45)31-16-8-7-15-29(31)30-19-21-42-25-36(30)46-40/h1-25,43H. The van der Waals surface area contributed by atoms with E-state index in [1.807, 2.05) is 30.9 Å². The van der Waals surface area contributed by atoms with Crippen molar-refractivity contribution < 1.29 is 4.74 Å². The Kier molecular flexibility index (Phi) is 5.14. The number of benzene rings is 4. The van der Waals surface area contributed by atoms with E-state index in [0.717, 1.165) is 67.4 Å². The second-order valence-corrected chi connectivity index (χ2v) is 11.9.